The number of benzene rings is 2. The van der Waals surface area contributed by atoms with E-state index in [0.717, 1.165) is 31.2 Å². The molecule has 1 aliphatic carbocycles. The number of rotatable bonds is 9. The highest BCUT2D eigenvalue weighted by Crippen LogP contribution is 2.35. The summed E-state index contributed by atoms with van der Waals surface area (Å²) in [5.41, 5.74) is 3.53. The van der Waals surface area contributed by atoms with Gasteiger partial charge in [0, 0.05) is 5.56 Å². The molecule has 2 N–H and O–H groups in total. The number of methoxy groups -OCH3 is 3. The molecule has 186 valence electrons. The third kappa shape index (κ3) is 5.41. The normalized spacial score (nSPS) is 13.4. The molecule has 0 spiro atoms. The van der Waals surface area contributed by atoms with E-state index < -0.39 is 5.56 Å². The Bertz CT molecular complexity index is 1360. The lowest BCUT2D eigenvalue weighted by Gasteiger charge is -2.17. The molecule has 4 rings (SSSR count). The van der Waals surface area contributed by atoms with Crippen molar-refractivity contribution in [3.8, 4) is 40.3 Å². The molecule has 0 amide bonds. The van der Waals surface area contributed by atoms with Crippen molar-refractivity contribution in [3.63, 3.8) is 0 Å². The quantitative estimate of drug-likeness (QED) is 0.339. The van der Waals surface area contributed by atoms with Crippen molar-refractivity contribution in [2.24, 2.45) is 5.10 Å². The van der Waals surface area contributed by atoms with Crippen LogP contribution < -0.4 is 29.9 Å². The fourth-order valence-corrected chi connectivity index (χ4v) is 4.04. The molecule has 1 heterocycles. The smallest absolute Gasteiger partial charge is 0.270 e. The average molecular weight is 490 g/mol. The molecule has 0 unspecified atom stereocenters. The molecule has 0 saturated heterocycles. The van der Waals surface area contributed by atoms with Crippen molar-refractivity contribution in [3.05, 3.63) is 57.9 Å². The first-order valence-corrected chi connectivity index (χ1v) is 11.5. The van der Waals surface area contributed by atoms with Crippen LogP contribution in [0.2, 0.25) is 0 Å². The second kappa shape index (κ2) is 11.3. The van der Waals surface area contributed by atoms with Crippen molar-refractivity contribution in [2.75, 3.05) is 26.8 Å². The van der Waals surface area contributed by atoms with Gasteiger partial charge in [-0.25, -0.2) is 10.4 Å². The first-order valence-electron chi connectivity index (χ1n) is 11.5. The molecule has 0 aliphatic heterocycles. The zero-order chi connectivity index (χ0) is 25.5. The summed E-state index contributed by atoms with van der Waals surface area (Å²) in [6.45, 7) is 0. The number of H-pyrrole nitrogens is 1. The van der Waals surface area contributed by atoms with Crippen LogP contribution in [0.25, 0.3) is 11.3 Å². The van der Waals surface area contributed by atoms with E-state index in [9.17, 15) is 10.1 Å². The van der Waals surface area contributed by atoms with Gasteiger partial charge >= 0.3 is 0 Å². The van der Waals surface area contributed by atoms with E-state index in [1.165, 1.54) is 0 Å². The van der Waals surface area contributed by atoms with Crippen molar-refractivity contribution in [1.29, 1.82) is 5.26 Å². The average Bonchev–Trinajstić information content (AvgIpc) is 3.41. The number of hydrogen-bond acceptors (Lipinski definition) is 9. The highest BCUT2D eigenvalue weighted by atomic mass is 16.5. The molecule has 1 fully saturated rings. The van der Waals surface area contributed by atoms with Crippen molar-refractivity contribution < 1.29 is 18.9 Å². The van der Waals surface area contributed by atoms with Gasteiger partial charge in [0.1, 0.15) is 11.6 Å². The Morgan fingerprint density at radius 1 is 1.03 bits per heavy atom. The second-order valence-corrected chi connectivity index (χ2v) is 8.12. The van der Waals surface area contributed by atoms with Crippen LogP contribution in [0.1, 0.15) is 36.8 Å². The Hall–Kier alpha value is -4.52. The minimum absolute atomic E-state index is 0.0832. The van der Waals surface area contributed by atoms with Gasteiger partial charge in [-0.05, 0) is 67.6 Å². The molecule has 3 aromatic rings. The number of nitriles is 1. The summed E-state index contributed by atoms with van der Waals surface area (Å²) >= 11 is 0. The van der Waals surface area contributed by atoms with Gasteiger partial charge in [0.05, 0.1) is 39.3 Å². The molecular weight excluding hydrogens is 462 g/mol. The number of nitrogens with zero attached hydrogens (tertiary/aromatic N) is 3. The fourth-order valence-electron chi connectivity index (χ4n) is 4.04. The van der Waals surface area contributed by atoms with Crippen molar-refractivity contribution in [2.45, 2.75) is 31.8 Å². The van der Waals surface area contributed by atoms with Crippen LogP contribution in [0.5, 0.6) is 23.0 Å². The Morgan fingerprint density at radius 3 is 2.42 bits per heavy atom. The van der Waals surface area contributed by atoms with Crippen LogP contribution >= 0.6 is 0 Å². The molecule has 10 heteroatoms. The molecular formula is C26H27N5O5. The molecule has 1 aromatic heterocycles. The van der Waals surface area contributed by atoms with Gasteiger partial charge in [-0.3, -0.25) is 9.78 Å². The number of aromatic nitrogens is 2. The maximum absolute atomic E-state index is 12.6. The van der Waals surface area contributed by atoms with E-state index in [1.54, 1.807) is 63.9 Å². The Kier molecular flexibility index (Phi) is 7.70. The van der Waals surface area contributed by atoms with Gasteiger partial charge in [0.15, 0.2) is 23.0 Å². The molecule has 1 aliphatic rings. The maximum Gasteiger partial charge on any atom is 0.270 e. The number of anilines is 1. The lowest BCUT2D eigenvalue weighted by atomic mass is 10.1. The van der Waals surface area contributed by atoms with Crippen LogP contribution in [0.3, 0.4) is 0 Å². The van der Waals surface area contributed by atoms with E-state index >= 15 is 0 Å². The summed E-state index contributed by atoms with van der Waals surface area (Å²) in [5, 5.41) is 13.8. The van der Waals surface area contributed by atoms with E-state index in [-0.39, 0.29) is 23.3 Å². The molecule has 0 atom stereocenters. The standard InChI is InChI=1S/C26H27N5O5/c1-33-20-10-8-16(12-22(20)35-3)15-28-31-26-29-24(19(14-27)25(32)30-26)17-9-11-21(34-2)23(13-17)36-18-6-4-5-7-18/h8-13,15,18H,4-7H2,1-3H3,(H2,29,30,31,32)/b28-15+. The minimum Gasteiger partial charge on any atom is -0.493 e. The zero-order valence-electron chi connectivity index (χ0n) is 20.3. The maximum atomic E-state index is 12.6. The van der Waals surface area contributed by atoms with E-state index in [4.69, 9.17) is 18.9 Å². The predicted octanol–water partition coefficient (Wildman–Crippen LogP) is 4.10. The van der Waals surface area contributed by atoms with Gasteiger partial charge in [-0.15, -0.1) is 0 Å². The third-order valence-corrected chi connectivity index (χ3v) is 5.86. The number of ether oxygens (including phenoxy) is 4. The molecule has 36 heavy (non-hydrogen) atoms. The Balaban J connectivity index is 1.63. The third-order valence-electron chi connectivity index (χ3n) is 5.86. The first kappa shape index (κ1) is 24.6. The van der Waals surface area contributed by atoms with E-state index in [2.05, 4.69) is 20.5 Å². The van der Waals surface area contributed by atoms with E-state index in [1.807, 2.05) is 6.07 Å². The van der Waals surface area contributed by atoms with Crippen LogP contribution in [0, 0.1) is 11.3 Å². The molecule has 1 saturated carbocycles. The highest BCUT2D eigenvalue weighted by Gasteiger charge is 2.20. The Morgan fingerprint density at radius 2 is 1.72 bits per heavy atom. The lowest BCUT2D eigenvalue weighted by Crippen LogP contribution is -2.16. The monoisotopic (exact) mass is 489 g/mol. The van der Waals surface area contributed by atoms with Gasteiger partial charge in [-0.2, -0.15) is 10.4 Å². The van der Waals surface area contributed by atoms with Crippen LogP contribution in [0.15, 0.2) is 46.3 Å². The second-order valence-electron chi connectivity index (χ2n) is 8.12. The topological polar surface area (TPSA) is 131 Å². The summed E-state index contributed by atoms with van der Waals surface area (Å²) in [6.07, 6.45) is 5.86. The van der Waals surface area contributed by atoms with Crippen LogP contribution in [-0.2, 0) is 0 Å². The molecule has 2 aromatic carbocycles. The Labute approximate surface area is 208 Å². The fraction of sp³-hybridized carbons (Fsp3) is 0.308. The van der Waals surface area contributed by atoms with Crippen molar-refractivity contribution in [1.82, 2.24) is 9.97 Å². The van der Waals surface area contributed by atoms with Crippen LogP contribution in [0.4, 0.5) is 5.95 Å². The molecule has 0 bridgehead atoms. The van der Waals surface area contributed by atoms with Crippen LogP contribution in [-0.4, -0.2) is 43.6 Å². The summed E-state index contributed by atoms with van der Waals surface area (Å²) in [5.74, 6) is 2.37. The number of aromatic amines is 1. The summed E-state index contributed by atoms with van der Waals surface area (Å²) in [7, 11) is 4.68. The summed E-state index contributed by atoms with van der Waals surface area (Å²) in [4.78, 5) is 19.6. The zero-order valence-corrected chi connectivity index (χ0v) is 20.3. The van der Waals surface area contributed by atoms with Crippen molar-refractivity contribution >= 4 is 12.2 Å². The number of hydrazone groups is 1. The number of nitrogens with one attached hydrogen (secondary N) is 2. The SMILES string of the molecule is COc1ccc(/C=N/Nc2nc(-c3ccc(OC)c(OC4CCCC4)c3)c(C#N)c(=O)[nH]2)cc1OC. The highest BCUT2D eigenvalue weighted by molar-refractivity contribution is 5.81. The lowest BCUT2D eigenvalue weighted by molar-refractivity contribution is 0.201. The molecule has 0 radical (unpaired) electrons. The van der Waals surface area contributed by atoms with E-state index in [0.29, 0.717) is 28.6 Å². The minimum atomic E-state index is -0.583. The van der Waals surface area contributed by atoms with Gasteiger partial charge in [-0.1, -0.05) is 0 Å². The summed E-state index contributed by atoms with van der Waals surface area (Å²) < 4.78 is 22.1. The molecule has 10 nitrogen and oxygen atoms in total. The predicted molar refractivity (Wildman–Crippen MR) is 135 cm³/mol. The first-order chi connectivity index (χ1) is 17.6. The summed E-state index contributed by atoms with van der Waals surface area (Å²) in [6, 6.07) is 12.5. The largest absolute Gasteiger partial charge is 0.493 e. The number of hydrogen-bond donors (Lipinski definition) is 2. The van der Waals surface area contributed by atoms with Gasteiger partial charge < -0.3 is 18.9 Å². The van der Waals surface area contributed by atoms with Gasteiger partial charge in [0.25, 0.3) is 5.56 Å². The van der Waals surface area contributed by atoms with Gasteiger partial charge in [0.2, 0.25) is 5.95 Å².